The maximum absolute atomic E-state index is 11.5. The molecule has 188 valence electrons. The summed E-state index contributed by atoms with van der Waals surface area (Å²) in [5.74, 6) is 2.05. The van der Waals surface area contributed by atoms with E-state index in [9.17, 15) is 5.11 Å². The average Bonchev–Trinajstić information content (AvgIpc) is 3.43. The van der Waals surface area contributed by atoms with E-state index in [-0.39, 0.29) is 11.5 Å². The first kappa shape index (κ1) is 23.7. The van der Waals surface area contributed by atoms with E-state index in [0.717, 1.165) is 37.0 Å². The molecule has 3 heteroatoms. The van der Waals surface area contributed by atoms with E-state index in [1.54, 1.807) is 5.57 Å². The van der Waals surface area contributed by atoms with Crippen molar-refractivity contribution in [3.63, 3.8) is 0 Å². The van der Waals surface area contributed by atoms with Crippen LogP contribution in [0, 0.1) is 28.6 Å². The van der Waals surface area contributed by atoms with Crippen LogP contribution in [-0.2, 0) is 0 Å². The Morgan fingerprint density at radius 1 is 1.11 bits per heavy atom. The summed E-state index contributed by atoms with van der Waals surface area (Å²) in [6, 6.07) is 6.86. The Bertz CT molecular complexity index is 1020. The Hall–Kier alpha value is -1.71. The van der Waals surface area contributed by atoms with E-state index in [0.29, 0.717) is 17.3 Å². The molecule has 1 saturated heterocycles. The van der Waals surface area contributed by atoms with E-state index in [1.165, 1.54) is 68.1 Å². The van der Waals surface area contributed by atoms with Crippen LogP contribution in [0.5, 0.6) is 0 Å². The summed E-state index contributed by atoms with van der Waals surface area (Å²) in [6.07, 6.45) is 20.1. The topological polar surface area (TPSA) is 33.1 Å². The van der Waals surface area contributed by atoms with E-state index in [2.05, 4.69) is 49.7 Å². The minimum Gasteiger partial charge on any atom is -0.388 e. The van der Waals surface area contributed by atoms with Crippen molar-refractivity contribution < 1.29 is 9.59 Å². The number of hydrogen-bond acceptors (Lipinski definition) is 2. The first-order valence-corrected chi connectivity index (χ1v) is 14.4. The molecule has 7 atom stereocenters. The average molecular weight is 474 g/mol. The molecule has 4 aliphatic carbocycles. The summed E-state index contributed by atoms with van der Waals surface area (Å²) in [5.41, 5.74) is 4.35. The number of rotatable bonds is 4. The Morgan fingerprint density at radius 3 is 2.69 bits per heavy atom. The molecule has 5 aliphatic rings. The van der Waals surface area contributed by atoms with Crippen LogP contribution in [0.1, 0.15) is 77.3 Å². The highest BCUT2D eigenvalue weighted by atomic mass is 16.3. The maximum Gasteiger partial charge on any atom is 0.0973 e. The predicted molar refractivity (Wildman–Crippen MR) is 143 cm³/mol. The molecule has 0 bridgehead atoms. The first-order chi connectivity index (χ1) is 16.9. The number of quaternary nitrogens is 1. The van der Waals surface area contributed by atoms with Crippen LogP contribution in [0.4, 0.5) is 0 Å². The molecule has 1 aromatic heterocycles. The predicted octanol–water partition coefficient (Wildman–Crippen LogP) is 6.56. The lowest BCUT2D eigenvalue weighted by Crippen LogP contribution is -2.58. The van der Waals surface area contributed by atoms with Gasteiger partial charge in [0.1, 0.15) is 0 Å². The van der Waals surface area contributed by atoms with Gasteiger partial charge in [0.05, 0.1) is 37.5 Å². The smallest absolute Gasteiger partial charge is 0.0973 e. The highest BCUT2D eigenvalue weighted by molar-refractivity contribution is 5.52. The van der Waals surface area contributed by atoms with E-state index >= 15 is 0 Å². The van der Waals surface area contributed by atoms with Crippen molar-refractivity contribution in [2.45, 2.75) is 83.8 Å². The van der Waals surface area contributed by atoms with Gasteiger partial charge in [0.25, 0.3) is 0 Å². The largest absolute Gasteiger partial charge is 0.388 e. The number of allylic oxidation sites excluding steroid dienone is 1. The third-order valence-electron chi connectivity index (χ3n) is 11.7. The minimum atomic E-state index is -0.331. The van der Waals surface area contributed by atoms with Crippen molar-refractivity contribution >= 4 is 6.08 Å². The number of likely N-dealkylation sites (tertiary alicyclic amines) is 1. The number of fused-ring (bicyclic) bond motifs is 5. The van der Waals surface area contributed by atoms with Crippen LogP contribution in [0.2, 0.25) is 0 Å². The molecule has 0 aromatic carbocycles. The fraction of sp³-hybridized carbons (Fsp3) is 0.656. The van der Waals surface area contributed by atoms with Crippen molar-refractivity contribution in [1.82, 2.24) is 4.98 Å². The van der Waals surface area contributed by atoms with Crippen LogP contribution in [-0.4, -0.2) is 46.4 Å². The van der Waals surface area contributed by atoms with Crippen molar-refractivity contribution in [2.75, 3.05) is 19.6 Å². The monoisotopic (exact) mass is 473 g/mol. The molecule has 35 heavy (non-hydrogen) atoms. The zero-order valence-corrected chi connectivity index (χ0v) is 22.0. The lowest BCUT2D eigenvalue weighted by Gasteiger charge is -2.58. The minimum absolute atomic E-state index is 0.00937. The molecule has 6 rings (SSSR count). The van der Waals surface area contributed by atoms with Crippen LogP contribution in [0.15, 0.2) is 54.3 Å². The third kappa shape index (κ3) is 3.63. The van der Waals surface area contributed by atoms with Gasteiger partial charge in [-0.2, -0.15) is 0 Å². The summed E-state index contributed by atoms with van der Waals surface area (Å²) < 4.78 is 1.31. The molecule has 1 aliphatic heterocycles. The van der Waals surface area contributed by atoms with E-state index in [1.807, 2.05) is 18.3 Å². The SMILES string of the molecule is C=CC[N+]1(C2CC[C@@]3(C)C(=CC[C@H]4[C@@H]5C/C(=C\c6ccccn6)[C@H](O)[C@@]5(C)CC[C@@H]43)C2)CCCC1. The molecule has 0 amide bonds. The number of aromatic nitrogens is 1. The van der Waals surface area contributed by atoms with Gasteiger partial charge in [-0.3, -0.25) is 4.98 Å². The maximum atomic E-state index is 11.5. The number of pyridine rings is 1. The van der Waals surface area contributed by atoms with Crippen molar-refractivity contribution in [3.8, 4) is 0 Å². The fourth-order valence-corrected chi connectivity index (χ4v) is 9.68. The van der Waals surface area contributed by atoms with Gasteiger partial charge in [-0.05, 0) is 85.1 Å². The van der Waals surface area contributed by atoms with Crippen LogP contribution in [0.3, 0.4) is 0 Å². The Labute approximate surface area is 212 Å². The standard InChI is InChI=1S/C32H45N2O/c1-4-17-34(18-7-8-19-34)26-12-14-31(2)24(22-26)10-11-27-28(31)13-15-32(3)29(27)21-23(30(32)35)20-25-9-5-6-16-33-25/h4-6,9-10,16,20,26-30,35H,1,7-8,11-15,17-19,21-22H2,2-3H3/q+1/b23-20+/t26?,27-,28+,29+,30+,31+,32+/m1/s1. The lowest BCUT2D eigenvalue weighted by molar-refractivity contribution is -0.936. The molecule has 2 heterocycles. The quantitative estimate of drug-likeness (QED) is 0.397. The van der Waals surface area contributed by atoms with Crippen molar-refractivity contribution in [3.05, 3.63) is 60.0 Å². The molecular formula is C32H45N2O+. The molecule has 1 N–H and O–H groups in total. The number of hydrogen-bond donors (Lipinski definition) is 1. The van der Waals surface area contributed by atoms with E-state index in [4.69, 9.17) is 0 Å². The second kappa shape index (κ2) is 8.70. The van der Waals surface area contributed by atoms with E-state index < -0.39 is 0 Å². The fourth-order valence-electron chi connectivity index (χ4n) is 9.68. The number of aliphatic hydroxyl groups excluding tert-OH is 1. The van der Waals surface area contributed by atoms with Crippen LogP contribution < -0.4 is 0 Å². The van der Waals surface area contributed by atoms with Gasteiger partial charge in [-0.25, -0.2) is 0 Å². The highest BCUT2D eigenvalue weighted by Gasteiger charge is 2.60. The summed E-state index contributed by atoms with van der Waals surface area (Å²) in [7, 11) is 0. The van der Waals surface area contributed by atoms with Gasteiger partial charge in [0.2, 0.25) is 0 Å². The normalized spacial score (nSPS) is 43.2. The van der Waals surface area contributed by atoms with Crippen molar-refractivity contribution in [1.29, 1.82) is 0 Å². The number of aliphatic hydroxyl groups is 1. The van der Waals surface area contributed by atoms with Gasteiger partial charge >= 0.3 is 0 Å². The van der Waals surface area contributed by atoms with Crippen molar-refractivity contribution in [2.24, 2.45) is 28.6 Å². The van der Waals surface area contributed by atoms with Gasteiger partial charge in [0.15, 0.2) is 0 Å². The van der Waals surface area contributed by atoms with Gasteiger partial charge < -0.3 is 9.59 Å². The Morgan fingerprint density at radius 2 is 1.94 bits per heavy atom. The number of nitrogens with zero attached hydrogens (tertiary/aromatic N) is 2. The molecular weight excluding hydrogens is 428 g/mol. The highest BCUT2D eigenvalue weighted by Crippen LogP contribution is 2.66. The summed E-state index contributed by atoms with van der Waals surface area (Å²) >= 11 is 0. The zero-order chi connectivity index (χ0) is 24.3. The Kier molecular flexibility index (Phi) is 5.88. The van der Waals surface area contributed by atoms with Gasteiger partial charge in [0, 0.05) is 37.3 Å². The Balaban J connectivity index is 1.26. The first-order valence-electron chi connectivity index (χ1n) is 14.4. The molecule has 1 aromatic rings. The summed E-state index contributed by atoms with van der Waals surface area (Å²) in [6.45, 7) is 13.0. The van der Waals surface area contributed by atoms with Gasteiger partial charge in [-0.1, -0.05) is 38.1 Å². The zero-order valence-electron chi connectivity index (χ0n) is 22.0. The molecule has 0 spiro atoms. The second-order valence-corrected chi connectivity index (χ2v) is 13.1. The molecule has 0 radical (unpaired) electrons. The molecule has 1 unspecified atom stereocenters. The lowest BCUT2D eigenvalue weighted by atomic mass is 9.47. The van der Waals surface area contributed by atoms with Crippen LogP contribution in [0.25, 0.3) is 6.08 Å². The third-order valence-corrected chi connectivity index (χ3v) is 11.7. The molecule has 4 fully saturated rings. The molecule has 3 nitrogen and oxygen atoms in total. The molecule has 3 saturated carbocycles. The summed E-state index contributed by atoms with van der Waals surface area (Å²) in [4.78, 5) is 4.52. The summed E-state index contributed by atoms with van der Waals surface area (Å²) in [5, 5.41) is 11.5. The second-order valence-electron chi connectivity index (χ2n) is 13.1. The van der Waals surface area contributed by atoms with Gasteiger partial charge in [-0.15, -0.1) is 0 Å². The van der Waals surface area contributed by atoms with Crippen LogP contribution >= 0.6 is 0 Å².